The number of nitro groups is 2. The first-order valence-corrected chi connectivity index (χ1v) is 4.85. The monoisotopic (exact) mass is 289 g/mol. The van der Waals surface area contributed by atoms with Crippen LogP contribution in [-0.2, 0) is 4.79 Å². The maximum Gasteiger partial charge on any atom is 0.328 e. The summed E-state index contributed by atoms with van der Waals surface area (Å²) >= 11 is 0. The summed E-state index contributed by atoms with van der Waals surface area (Å²) in [5, 5.41) is 39.5. The maximum atomic E-state index is 10.9. The van der Waals surface area contributed by atoms with Gasteiger partial charge in [-0.15, -0.1) is 0 Å². The Labute approximate surface area is 110 Å². The molecule has 0 aliphatic heterocycles. The summed E-state index contributed by atoms with van der Waals surface area (Å²) in [7, 11) is 0. The van der Waals surface area contributed by atoms with E-state index in [1.54, 1.807) is 0 Å². The molecule has 0 saturated carbocycles. The molecule has 0 radical (unpaired) electrons. The first-order valence-electron chi connectivity index (χ1n) is 4.85. The van der Waals surface area contributed by atoms with E-state index in [0.717, 1.165) is 12.1 Å². The van der Waals surface area contributed by atoms with E-state index in [1.165, 1.54) is 0 Å². The molecule has 0 heterocycles. The number of hydrogen-bond donors (Lipinski definition) is 3. The summed E-state index contributed by atoms with van der Waals surface area (Å²) < 4.78 is 0. The summed E-state index contributed by atoms with van der Waals surface area (Å²) in [5.41, 5.74) is 3.93. The molecule has 1 rings (SSSR count). The Hall–Kier alpha value is -2.79. The Balaban J connectivity index is 0.00000361. The summed E-state index contributed by atoms with van der Waals surface area (Å²) in [6, 6.07) is -1.35. The molecule has 11 heteroatoms. The number of benzene rings is 1. The molecule has 20 heavy (non-hydrogen) atoms. The highest BCUT2D eigenvalue weighted by Crippen LogP contribution is 2.31. The predicted molar refractivity (Wildman–Crippen MR) is 63.7 cm³/mol. The minimum absolute atomic E-state index is 0. The van der Waals surface area contributed by atoms with Crippen molar-refractivity contribution in [2.75, 3.05) is 0 Å². The van der Waals surface area contributed by atoms with Gasteiger partial charge in [0.2, 0.25) is 0 Å². The molecule has 2 atom stereocenters. The van der Waals surface area contributed by atoms with Gasteiger partial charge in [0.05, 0.1) is 11.0 Å². The van der Waals surface area contributed by atoms with Crippen molar-refractivity contribution >= 4 is 11.7 Å². The van der Waals surface area contributed by atoms with Crippen LogP contribution < -0.4 is 5.73 Å². The summed E-state index contributed by atoms with van der Waals surface area (Å²) in [4.78, 5) is 30.4. The number of hydrogen-bond acceptors (Lipinski definition) is 7. The molecule has 0 aliphatic rings. The molecule has 110 valence electrons. The number of phenols is 1. The van der Waals surface area contributed by atoms with E-state index in [9.17, 15) is 25.0 Å². The van der Waals surface area contributed by atoms with Gasteiger partial charge in [-0.25, -0.2) is 0 Å². The molecule has 6 N–H and O–H groups in total. The first-order chi connectivity index (χ1) is 8.75. The molecule has 0 aromatic heterocycles. The molecular formula is C9H11N3O8. The van der Waals surface area contributed by atoms with Crippen molar-refractivity contribution in [2.45, 2.75) is 12.1 Å². The fourth-order valence-electron chi connectivity index (χ4n) is 1.51. The SMILES string of the molecule is N[C@H](C(=O)O)C(c1ccc(O)cc1[N+](=O)[O-])[N+](=O)[O-].O. The lowest BCUT2D eigenvalue weighted by molar-refractivity contribution is -0.531. The number of phenolic OH excluding ortho intramolecular Hbond substituents is 1. The number of nitrogens with two attached hydrogens (primary N) is 1. The Bertz CT molecular complexity index is 546. The normalized spacial score (nSPS) is 12.8. The van der Waals surface area contributed by atoms with Crippen molar-refractivity contribution in [3.8, 4) is 5.75 Å². The third kappa shape index (κ3) is 3.37. The van der Waals surface area contributed by atoms with Gasteiger partial charge in [0.1, 0.15) is 11.3 Å². The van der Waals surface area contributed by atoms with E-state index in [4.69, 9.17) is 15.9 Å². The van der Waals surface area contributed by atoms with E-state index in [1.807, 2.05) is 0 Å². The highest BCUT2D eigenvalue weighted by Gasteiger charge is 2.40. The summed E-state index contributed by atoms with van der Waals surface area (Å²) in [6.07, 6.45) is 0. The minimum Gasteiger partial charge on any atom is -0.508 e. The zero-order valence-corrected chi connectivity index (χ0v) is 9.79. The van der Waals surface area contributed by atoms with Gasteiger partial charge in [0.25, 0.3) is 11.7 Å². The molecule has 1 unspecified atom stereocenters. The number of aliphatic carboxylic acids is 1. The number of nitrogens with zero attached hydrogens (tertiary/aromatic N) is 2. The van der Waals surface area contributed by atoms with Crippen LogP contribution in [0.15, 0.2) is 18.2 Å². The van der Waals surface area contributed by atoms with Gasteiger partial charge < -0.3 is 21.4 Å². The number of carboxylic acid groups (broad SMARTS) is 1. The lowest BCUT2D eigenvalue weighted by atomic mass is 9.98. The van der Waals surface area contributed by atoms with Crippen LogP contribution in [-0.4, -0.2) is 37.5 Å². The van der Waals surface area contributed by atoms with Crippen LogP contribution in [0.4, 0.5) is 5.69 Å². The molecule has 1 aromatic carbocycles. The molecule has 0 bridgehead atoms. The maximum absolute atomic E-state index is 10.9. The van der Waals surface area contributed by atoms with E-state index >= 15 is 0 Å². The van der Waals surface area contributed by atoms with Gasteiger partial charge in [-0.05, 0) is 12.1 Å². The number of nitro benzene ring substituents is 1. The molecule has 0 spiro atoms. The van der Waals surface area contributed by atoms with Crippen molar-refractivity contribution in [3.63, 3.8) is 0 Å². The largest absolute Gasteiger partial charge is 0.508 e. The minimum atomic E-state index is -1.99. The zero-order chi connectivity index (χ0) is 14.7. The third-order valence-electron chi connectivity index (χ3n) is 2.38. The number of carbonyl (C=O) groups is 1. The molecule has 0 amide bonds. The van der Waals surface area contributed by atoms with Crippen LogP contribution in [0.25, 0.3) is 0 Å². The molecule has 0 saturated heterocycles. The van der Waals surface area contributed by atoms with Gasteiger partial charge in [0, 0.05) is 4.92 Å². The molecule has 11 nitrogen and oxygen atoms in total. The average molecular weight is 289 g/mol. The van der Waals surface area contributed by atoms with Crippen molar-refractivity contribution in [1.82, 2.24) is 0 Å². The predicted octanol–water partition coefficient (Wildman–Crippen LogP) is -0.795. The van der Waals surface area contributed by atoms with Crippen LogP contribution in [0.5, 0.6) is 5.75 Å². The molecule has 1 aromatic rings. The van der Waals surface area contributed by atoms with E-state index in [-0.39, 0.29) is 5.48 Å². The van der Waals surface area contributed by atoms with Crippen LogP contribution in [0.2, 0.25) is 0 Å². The van der Waals surface area contributed by atoms with Crippen molar-refractivity contribution in [1.29, 1.82) is 0 Å². The van der Waals surface area contributed by atoms with Crippen molar-refractivity contribution in [2.24, 2.45) is 5.73 Å². The fraction of sp³-hybridized carbons (Fsp3) is 0.222. The zero-order valence-electron chi connectivity index (χ0n) is 9.79. The Morgan fingerprint density at radius 1 is 1.30 bits per heavy atom. The third-order valence-corrected chi connectivity index (χ3v) is 2.38. The summed E-state index contributed by atoms with van der Waals surface area (Å²) in [5.74, 6) is -2.13. The van der Waals surface area contributed by atoms with E-state index in [2.05, 4.69) is 0 Å². The van der Waals surface area contributed by atoms with Crippen LogP contribution >= 0.6 is 0 Å². The Morgan fingerprint density at radius 2 is 1.85 bits per heavy atom. The van der Waals surface area contributed by atoms with Gasteiger partial charge in [-0.2, -0.15) is 0 Å². The lowest BCUT2D eigenvalue weighted by Gasteiger charge is -2.13. The fourth-order valence-corrected chi connectivity index (χ4v) is 1.51. The second kappa shape index (κ2) is 6.40. The van der Waals surface area contributed by atoms with Crippen LogP contribution in [0.1, 0.15) is 11.6 Å². The molecule has 0 aliphatic carbocycles. The lowest BCUT2D eigenvalue weighted by Crippen LogP contribution is -2.40. The summed E-state index contributed by atoms with van der Waals surface area (Å²) in [6.45, 7) is 0. The Kier molecular flexibility index (Phi) is 5.51. The highest BCUT2D eigenvalue weighted by molar-refractivity contribution is 5.74. The Morgan fingerprint density at radius 3 is 2.25 bits per heavy atom. The smallest absolute Gasteiger partial charge is 0.328 e. The number of aromatic hydroxyl groups is 1. The number of carboxylic acids is 1. The van der Waals surface area contributed by atoms with Gasteiger partial charge in [-0.1, -0.05) is 0 Å². The van der Waals surface area contributed by atoms with Crippen LogP contribution in [0.3, 0.4) is 0 Å². The topological polar surface area (TPSA) is 201 Å². The highest BCUT2D eigenvalue weighted by atomic mass is 16.6. The number of rotatable bonds is 5. The standard InChI is InChI=1S/C9H9N3O7.H2O/c10-7(9(14)15)8(12(18)19)5-2-1-4(13)3-6(5)11(16)17;/h1-3,7-8,13H,10H2,(H,14,15);1H2/t7-,8?;/m0./s1. The van der Waals surface area contributed by atoms with E-state index in [0.29, 0.717) is 6.07 Å². The second-order valence-electron chi connectivity index (χ2n) is 3.59. The quantitative estimate of drug-likeness (QED) is 0.461. The molecular weight excluding hydrogens is 278 g/mol. The van der Waals surface area contributed by atoms with Crippen molar-refractivity contribution < 1.29 is 30.3 Å². The van der Waals surface area contributed by atoms with Crippen molar-refractivity contribution in [3.05, 3.63) is 44.0 Å². The second-order valence-corrected chi connectivity index (χ2v) is 3.59. The average Bonchev–Trinajstić information content (AvgIpc) is 2.30. The molecule has 0 fully saturated rings. The van der Waals surface area contributed by atoms with E-state index < -0.39 is 44.9 Å². The van der Waals surface area contributed by atoms with Gasteiger partial charge in [-0.3, -0.25) is 25.0 Å². The van der Waals surface area contributed by atoms with Crippen LogP contribution in [0, 0.1) is 20.2 Å². The van der Waals surface area contributed by atoms with Gasteiger partial charge in [0.15, 0.2) is 6.04 Å². The first kappa shape index (κ1) is 17.2. The van der Waals surface area contributed by atoms with Gasteiger partial charge >= 0.3 is 5.97 Å².